The Morgan fingerprint density at radius 2 is 2.00 bits per heavy atom. The van der Waals surface area contributed by atoms with E-state index in [4.69, 9.17) is 0 Å². The van der Waals surface area contributed by atoms with Crippen molar-refractivity contribution in [2.24, 2.45) is 9.98 Å². The number of aliphatic imine (C=N–C) groups is 2. The van der Waals surface area contributed by atoms with Gasteiger partial charge in [-0.1, -0.05) is 24.3 Å². The lowest BCUT2D eigenvalue weighted by atomic mass is 10.2. The molecule has 0 saturated carbocycles. The van der Waals surface area contributed by atoms with Gasteiger partial charge in [0.05, 0.1) is 17.6 Å². The Morgan fingerprint density at radius 3 is 2.93 bits per heavy atom. The van der Waals surface area contributed by atoms with E-state index in [0.717, 1.165) is 16.1 Å². The molecule has 1 aromatic carbocycles. The zero-order chi connectivity index (χ0) is 9.54. The van der Waals surface area contributed by atoms with E-state index in [2.05, 4.69) is 9.98 Å². The molecule has 1 aliphatic heterocycles. The van der Waals surface area contributed by atoms with Gasteiger partial charge in [-0.05, 0) is 11.3 Å². The molecule has 1 aromatic rings. The lowest BCUT2D eigenvalue weighted by Gasteiger charge is -2.00. The number of nitrogens with zero attached hydrogens (tertiary/aromatic N) is 2. The molecule has 14 heavy (non-hydrogen) atoms. The fraction of sp³-hybridized carbons (Fsp3) is 0. The Balaban J connectivity index is 2.45. The second kappa shape index (κ2) is 2.48. The highest BCUT2D eigenvalue weighted by atomic mass is 16.1. The van der Waals surface area contributed by atoms with Gasteiger partial charge >= 0.3 is 0 Å². The van der Waals surface area contributed by atoms with Crippen molar-refractivity contribution in [1.29, 1.82) is 0 Å². The summed E-state index contributed by atoms with van der Waals surface area (Å²) in [4.78, 5) is 19.0. The first-order valence-corrected chi connectivity index (χ1v) is 4.33. The van der Waals surface area contributed by atoms with Gasteiger partial charge in [-0.25, -0.2) is 9.98 Å². The molecule has 1 heterocycles. The summed E-state index contributed by atoms with van der Waals surface area (Å²) in [5, 5.41) is 2.13. The molecule has 0 fully saturated rings. The summed E-state index contributed by atoms with van der Waals surface area (Å²) >= 11 is 0. The third-order valence-corrected chi connectivity index (χ3v) is 2.29. The molecule has 0 aromatic heterocycles. The Labute approximate surface area is 79.8 Å². The van der Waals surface area contributed by atoms with Crippen LogP contribution >= 0.6 is 0 Å². The van der Waals surface area contributed by atoms with Crippen LogP contribution in [0.3, 0.4) is 0 Å². The van der Waals surface area contributed by atoms with Crippen LogP contribution in [0, 0.1) is 0 Å². The van der Waals surface area contributed by atoms with Crippen LogP contribution in [0.4, 0.5) is 0 Å². The zero-order valence-corrected chi connectivity index (χ0v) is 7.27. The van der Waals surface area contributed by atoms with Gasteiger partial charge in [-0.15, -0.1) is 0 Å². The number of carbonyl (C=O) groups is 1. The van der Waals surface area contributed by atoms with Gasteiger partial charge in [0.2, 0.25) is 0 Å². The second-order valence-corrected chi connectivity index (χ2v) is 3.17. The average Bonchev–Trinajstić information content (AvgIpc) is 2.54. The van der Waals surface area contributed by atoms with E-state index in [1.54, 1.807) is 0 Å². The van der Waals surface area contributed by atoms with Gasteiger partial charge in [0.15, 0.2) is 0 Å². The number of carbonyl (C=O) groups excluding carboxylic acids is 1. The molecule has 0 radical (unpaired) electrons. The van der Waals surface area contributed by atoms with Crippen molar-refractivity contribution in [2.75, 3.05) is 0 Å². The van der Waals surface area contributed by atoms with E-state index < -0.39 is 0 Å². The minimum Gasteiger partial charge on any atom is -0.266 e. The SMILES string of the molecule is O=C1C=NC2=c3ccccc3=CC2=N1. The van der Waals surface area contributed by atoms with E-state index in [0.29, 0.717) is 5.71 Å². The first-order valence-electron chi connectivity index (χ1n) is 4.33. The maximum atomic E-state index is 11.0. The Hall–Kier alpha value is -2.03. The number of hydrogen-bond acceptors (Lipinski definition) is 2. The summed E-state index contributed by atoms with van der Waals surface area (Å²) in [7, 11) is 0. The summed E-state index contributed by atoms with van der Waals surface area (Å²) in [5.74, 6) is -0.284. The third-order valence-electron chi connectivity index (χ3n) is 2.29. The van der Waals surface area contributed by atoms with E-state index in [1.807, 2.05) is 30.3 Å². The van der Waals surface area contributed by atoms with Gasteiger partial charge in [0.25, 0.3) is 5.91 Å². The number of amides is 1. The highest BCUT2D eigenvalue weighted by molar-refractivity contribution is 6.45. The third kappa shape index (κ3) is 0.893. The lowest BCUT2D eigenvalue weighted by Crippen LogP contribution is -2.22. The maximum absolute atomic E-state index is 11.0. The highest BCUT2D eigenvalue weighted by Gasteiger charge is 2.15. The standard InChI is InChI=1S/C11H6N2O/c14-10-6-12-11-8-4-2-1-3-7(8)5-9(11)13-10/h1-6H. The number of hydrogen-bond donors (Lipinski definition) is 0. The molecule has 0 spiro atoms. The van der Waals surface area contributed by atoms with Crippen LogP contribution in [0.25, 0.3) is 11.8 Å². The van der Waals surface area contributed by atoms with Crippen molar-refractivity contribution in [3.8, 4) is 0 Å². The summed E-state index contributed by atoms with van der Waals surface area (Å²) < 4.78 is 0. The van der Waals surface area contributed by atoms with Crippen molar-refractivity contribution in [3.05, 3.63) is 34.7 Å². The number of rotatable bonds is 0. The van der Waals surface area contributed by atoms with Crippen molar-refractivity contribution < 1.29 is 4.79 Å². The van der Waals surface area contributed by atoms with Crippen LogP contribution in [0.15, 0.2) is 34.3 Å². The molecule has 1 aliphatic carbocycles. The van der Waals surface area contributed by atoms with Crippen molar-refractivity contribution in [2.45, 2.75) is 0 Å². The maximum Gasteiger partial charge on any atom is 0.288 e. The Bertz CT molecular complexity index is 608. The number of fused-ring (bicyclic) bond motifs is 2. The van der Waals surface area contributed by atoms with Crippen molar-refractivity contribution >= 4 is 29.6 Å². The molecule has 0 atom stereocenters. The molecule has 0 saturated heterocycles. The molecular weight excluding hydrogens is 176 g/mol. The summed E-state index contributed by atoms with van der Waals surface area (Å²) in [5.41, 5.74) is 1.49. The van der Waals surface area contributed by atoms with E-state index >= 15 is 0 Å². The van der Waals surface area contributed by atoms with Gasteiger partial charge < -0.3 is 0 Å². The Kier molecular flexibility index (Phi) is 1.31. The van der Waals surface area contributed by atoms with E-state index in [-0.39, 0.29) is 5.91 Å². The summed E-state index contributed by atoms with van der Waals surface area (Å²) in [6.07, 6.45) is 3.15. The zero-order valence-electron chi connectivity index (χ0n) is 7.27. The fourth-order valence-electron chi connectivity index (χ4n) is 1.68. The molecule has 3 heteroatoms. The smallest absolute Gasteiger partial charge is 0.266 e. The van der Waals surface area contributed by atoms with Crippen LogP contribution in [0.2, 0.25) is 0 Å². The summed E-state index contributed by atoms with van der Waals surface area (Å²) in [6.45, 7) is 0. The van der Waals surface area contributed by atoms with Gasteiger partial charge in [-0.3, -0.25) is 4.79 Å². The molecule has 3 nitrogen and oxygen atoms in total. The largest absolute Gasteiger partial charge is 0.288 e. The monoisotopic (exact) mass is 182 g/mol. The topological polar surface area (TPSA) is 41.8 Å². The first kappa shape index (κ1) is 7.38. The van der Waals surface area contributed by atoms with Crippen LogP contribution in [0.5, 0.6) is 0 Å². The van der Waals surface area contributed by atoms with Crippen LogP contribution in [0.1, 0.15) is 0 Å². The molecule has 0 unspecified atom stereocenters. The van der Waals surface area contributed by atoms with Gasteiger partial charge in [0.1, 0.15) is 0 Å². The van der Waals surface area contributed by atoms with E-state index in [1.165, 1.54) is 6.21 Å². The number of benzene rings is 1. The van der Waals surface area contributed by atoms with E-state index in [9.17, 15) is 4.79 Å². The van der Waals surface area contributed by atoms with Crippen LogP contribution in [-0.4, -0.2) is 17.8 Å². The molecule has 1 amide bonds. The lowest BCUT2D eigenvalue weighted by molar-refractivity contribution is -0.111. The minimum atomic E-state index is -0.284. The Morgan fingerprint density at radius 1 is 1.14 bits per heavy atom. The molecule has 66 valence electrons. The van der Waals surface area contributed by atoms with Gasteiger partial charge in [0, 0.05) is 5.22 Å². The predicted molar refractivity (Wildman–Crippen MR) is 54.5 cm³/mol. The van der Waals surface area contributed by atoms with Crippen LogP contribution < -0.4 is 10.4 Å². The fourth-order valence-corrected chi connectivity index (χ4v) is 1.68. The minimum absolute atomic E-state index is 0.284. The van der Waals surface area contributed by atoms with Gasteiger partial charge in [-0.2, -0.15) is 0 Å². The average molecular weight is 182 g/mol. The van der Waals surface area contributed by atoms with Crippen molar-refractivity contribution in [3.63, 3.8) is 0 Å². The molecule has 0 N–H and O–H groups in total. The molecule has 2 aliphatic rings. The molecule has 3 rings (SSSR count). The second-order valence-electron chi connectivity index (χ2n) is 3.17. The van der Waals surface area contributed by atoms with Crippen LogP contribution in [-0.2, 0) is 4.79 Å². The normalized spacial score (nSPS) is 17.3. The van der Waals surface area contributed by atoms with Crippen molar-refractivity contribution in [1.82, 2.24) is 0 Å². The molecule has 0 bridgehead atoms. The highest BCUT2D eigenvalue weighted by Crippen LogP contribution is 2.08. The quantitative estimate of drug-likeness (QED) is 0.540. The predicted octanol–water partition coefficient (Wildman–Crippen LogP) is -0.359. The first-order chi connectivity index (χ1) is 6.84. The summed E-state index contributed by atoms with van der Waals surface area (Å²) in [6, 6.07) is 7.88. The molecular formula is C11H6N2O.